The van der Waals surface area contributed by atoms with E-state index in [-0.39, 0.29) is 18.6 Å². The number of cyclic esters (lactones) is 1. The fourth-order valence-corrected chi connectivity index (χ4v) is 2.26. The molecule has 1 aromatic carbocycles. The van der Waals surface area contributed by atoms with Crippen LogP contribution in [-0.2, 0) is 4.74 Å². The van der Waals surface area contributed by atoms with Crippen molar-refractivity contribution in [1.29, 1.82) is 0 Å². The molecule has 1 aromatic rings. The van der Waals surface area contributed by atoms with Crippen molar-refractivity contribution in [3.63, 3.8) is 0 Å². The molecule has 0 aliphatic carbocycles. The van der Waals surface area contributed by atoms with Crippen LogP contribution in [0.2, 0.25) is 5.02 Å². The Kier molecular flexibility index (Phi) is 4.09. The maximum absolute atomic E-state index is 11.8. The third kappa shape index (κ3) is 2.60. The Morgan fingerprint density at radius 3 is 3.06 bits per heavy atom. The summed E-state index contributed by atoms with van der Waals surface area (Å²) in [6.07, 6.45) is 0.276. The van der Waals surface area contributed by atoms with E-state index in [4.69, 9.17) is 21.4 Å². The molecule has 1 heterocycles. The number of anilines is 1. The van der Waals surface area contributed by atoms with Gasteiger partial charge in [-0.1, -0.05) is 17.7 Å². The van der Waals surface area contributed by atoms with Gasteiger partial charge in [0.25, 0.3) is 0 Å². The van der Waals surface area contributed by atoms with Crippen LogP contribution in [0, 0.1) is 12.8 Å². The second kappa shape index (κ2) is 5.59. The van der Waals surface area contributed by atoms with E-state index in [2.05, 4.69) is 0 Å². The molecule has 1 atom stereocenters. The maximum Gasteiger partial charge on any atom is 0.414 e. The van der Waals surface area contributed by atoms with Gasteiger partial charge < -0.3 is 9.84 Å². The lowest BCUT2D eigenvalue weighted by Gasteiger charge is -2.32. The molecule has 0 saturated carbocycles. The van der Waals surface area contributed by atoms with Gasteiger partial charge in [-0.15, -0.1) is 0 Å². The number of ether oxygens (including phenoxy) is 1. The van der Waals surface area contributed by atoms with Crippen molar-refractivity contribution in [2.75, 3.05) is 24.7 Å². The van der Waals surface area contributed by atoms with Crippen molar-refractivity contribution in [2.24, 2.45) is 5.92 Å². The van der Waals surface area contributed by atoms with Crippen molar-refractivity contribution in [3.8, 4) is 0 Å². The molecule has 4 nitrogen and oxygen atoms in total. The first-order valence-electron chi connectivity index (χ1n) is 5.93. The van der Waals surface area contributed by atoms with Crippen LogP contribution in [0.4, 0.5) is 10.5 Å². The molecule has 0 aromatic heterocycles. The quantitative estimate of drug-likeness (QED) is 0.918. The van der Waals surface area contributed by atoms with Gasteiger partial charge in [0, 0.05) is 24.1 Å². The largest absolute Gasteiger partial charge is 0.449 e. The molecule has 1 fully saturated rings. The van der Waals surface area contributed by atoms with Gasteiger partial charge in [0.05, 0.1) is 12.3 Å². The summed E-state index contributed by atoms with van der Waals surface area (Å²) in [4.78, 5) is 13.4. The van der Waals surface area contributed by atoms with Crippen LogP contribution in [0.15, 0.2) is 18.2 Å². The SMILES string of the molecule is Cc1c(Cl)cccc1N1CC(CCO)COC1=O. The molecule has 1 saturated heterocycles. The van der Waals surface area contributed by atoms with Gasteiger partial charge in [-0.2, -0.15) is 0 Å². The van der Waals surface area contributed by atoms with E-state index in [0.717, 1.165) is 11.3 Å². The molecular weight excluding hydrogens is 254 g/mol. The lowest BCUT2D eigenvalue weighted by atomic mass is 10.0. The number of rotatable bonds is 3. The molecule has 18 heavy (non-hydrogen) atoms. The average molecular weight is 270 g/mol. The fraction of sp³-hybridized carbons (Fsp3) is 0.462. The summed E-state index contributed by atoms with van der Waals surface area (Å²) in [6, 6.07) is 5.46. The molecule has 1 amide bonds. The number of amides is 1. The van der Waals surface area contributed by atoms with Crippen LogP contribution in [0.3, 0.4) is 0 Å². The highest BCUT2D eigenvalue weighted by Crippen LogP contribution is 2.29. The smallest absolute Gasteiger partial charge is 0.414 e. The van der Waals surface area contributed by atoms with E-state index in [1.165, 1.54) is 0 Å². The first-order chi connectivity index (χ1) is 8.63. The summed E-state index contributed by atoms with van der Waals surface area (Å²) in [5, 5.41) is 9.59. The summed E-state index contributed by atoms with van der Waals surface area (Å²) >= 11 is 6.06. The van der Waals surface area contributed by atoms with Gasteiger partial charge in [-0.25, -0.2) is 4.79 Å². The van der Waals surface area contributed by atoms with E-state index >= 15 is 0 Å². The Morgan fingerprint density at radius 1 is 1.56 bits per heavy atom. The summed E-state index contributed by atoms with van der Waals surface area (Å²) in [5.41, 5.74) is 1.64. The van der Waals surface area contributed by atoms with E-state index in [1.807, 2.05) is 19.1 Å². The third-order valence-corrected chi connectivity index (χ3v) is 3.58. The van der Waals surface area contributed by atoms with Crippen molar-refractivity contribution in [2.45, 2.75) is 13.3 Å². The number of aliphatic hydroxyl groups excluding tert-OH is 1. The predicted octanol–water partition coefficient (Wildman–Crippen LogP) is 2.60. The highest BCUT2D eigenvalue weighted by Gasteiger charge is 2.29. The van der Waals surface area contributed by atoms with Crippen LogP contribution in [0.5, 0.6) is 0 Å². The number of hydrogen-bond acceptors (Lipinski definition) is 3. The highest BCUT2D eigenvalue weighted by molar-refractivity contribution is 6.31. The Balaban J connectivity index is 2.24. The molecule has 98 valence electrons. The van der Waals surface area contributed by atoms with Crippen LogP contribution >= 0.6 is 11.6 Å². The summed E-state index contributed by atoms with van der Waals surface area (Å²) in [5.74, 6) is 0.158. The molecule has 0 bridgehead atoms. The minimum Gasteiger partial charge on any atom is -0.449 e. The van der Waals surface area contributed by atoms with Crippen LogP contribution in [0.25, 0.3) is 0 Å². The zero-order valence-electron chi connectivity index (χ0n) is 10.2. The van der Waals surface area contributed by atoms with Crippen molar-refractivity contribution < 1.29 is 14.6 Å². The van der Waals surface area contributed by atoms with Crippen LogP contribution in [0.1, 0.15) is 12.0 Å². The van der Waals surface area contributed by atoms with Gasteiger partial charge in [-0.3, -0.25) is 4.90 Å². The van der Waals surface area contributed by atoms with Gasteiger partial charge in [-0.05, 0) is 31.0 Å². The van der Waals surface area contributed by atoms with E-state index < -0.39 is 0 Å². The number of carbonyl (C=O) groups is 1. The first kappa shape index (κ1) is 13.2. The molecule has 0 radical (unpaired) electrons. The average Bonchev–Trinajstić information content (AvgIpc) is 2.36. The summed E-state index contributed by atoms with van der Waals surface area (Å²) in [6.45, 7) is 2.90. The topological polar surface area (TPSA) is 49.8 Å². The summed E-state index contributed by atoms with van der Waals surface area (Å²) < 4.78 is 5.14. The Labute approximate surface area is 111 Å². The van der Waals surface area contributed by atoms with Gasteiger partial charge in [0.2, 0.25) is 0 Å². The molecule has 1 aliphatic heterocycles. The number of hydrogen-bond donors (Lipinski definition) is 1. The minimum absolute atomic E-state index is 0.102. The third-order valence-electron chi connectivity index (χ3n) is 3.17. The monoisotopic (exact) mass is 269 g/mol. The van der Waals surface area contributed by atoms with Crippen LogP contribution < -0.4 is 4.90 Å². The van der Waals surface area contributed by atoms with Crippen LogP contribution in [-0.4, -0.2) is 31.0 Å². The number of aliphatic hydroxyl groups is 1. The molecule has 1 unspecified atom stereocenters. The lowest BCUT2D eigenvalue weighted by Crippen LogP contribution is -2.43. The molecule has 0 spiro atoms. The number of benzene rings is 1. The molecule has 2 rings (SSSR count). The Bertz CT molecular complexity index is 450. The first-order valence-corrected chi connectivity index (χ1v) is 6.31. The zero-order valence-corrected chi connectivity index (χ0v) is 11.0. The number of carbonyl (C=O) groups excluding carboxylic acids is 1. The van der Waals surface area contributed by atoms with Gasteiger partial charge in [0.1, 0.15) is 0 Å². The Morgan fingerprint density at radius 2 is 2.33 bits per heavy atom. The molecule has 5 heteroatoms. The fourth-order valence-electron chi connectivity index (χ4n) is 2.09. The minimum atomic E-state index is -0.352. The van der Waals surface area contributed by atoms with Crippen molar-refractivity contribution in [3.05, 3.63) is 28.8 Å². The van der Waals surface area contributed by atoms with Crippen molar-refractivity contribution in [1.82, 2.24) is 0 Å². The standard InChI is InChI=1S/C13H16ClNO3/c1-9-11(14)3-2-4-12(9)15-7-10(5-6-16)8-18-13(15)17/h2-4,10,16H,5-8H2,1H3. The maximum atomic E-state index is 11.8. The van der Waals surface area contributed by atoms with E-state index in [9.17, 15) is 4.79 Å². The van der Waals surface area contributed by atoms with E-state index in [1.54, 1.807) is 11.0 Å². The van der Waals surface area contributed by atoms with Gasteiger partial charge >= 0.3 is 6.09 Å². The highest BCUT2D eigenvalue weighted by atomic mass is 35.5. The predicted molar refractivity (Wildman–Crippen MR) is 70.1 cm³/mol. The zero-order chi connectivity index (χ0) is 13.1. The number of nitrogens with zero attached hydrogens (tertiary/aromatic N) is 1. The summed E-state index contributed by atoms with van der Waals surface area (Å²) in [7, 11) is 0. The normalized spacial score (nSPS) is 19.8. The second-order valence-corrected chi connectivity index (χ2v) is 4.86. The molecule has 1 aliphatic rings. The number of halogens is 1. The lowest BCUT2D eigenvalue weighted by molar-refractivity contribution is 0.104. The Hall–Kier alpha value is -1.26. The van der Waals surface area contributed by atoms with Crippen molar-refractivity contribution >= 4 is 23.4 Å². The second-order valence-electron chi connectivity index (χ2n) is 4.45. The van der Waals surface area contributed by atoms with Gasteiger partial charge in [0.15, 0.2) is 0 Å². The molecule has 1 N–H and O–H groups in total. The molecular formula is C13H16ClNO3. The van der Waals surface area contributed by atoms with E-state index in [0.29, 0.717) is 24.6 Å².